The van der Waals surface area contributed by atoms with Crippen LogP contribution in [0.3, 0.4) is 0 Å². The number of nitrogens with two attached hydrogens (primary N) is 1. The Labute approximate surface area is 130 Å². The number of hydrogen-bond acceptors (Lipinski definition) is 4. The molecule has 5 heteroatoms. The Kier molecular flexibility index (Phi) is 2.98. The molecule has 0 aliphatic heterocycles. The topological polar surface area (TPSA) is 77.2 Å². The normalized spacial score (nSPS) is 38.8. The highest BCUT2D eigenvalue weighted by Crippen LogP contribution is 2.56. The van der Waals surface area contributed by atoms with Crippen molar-refractivity contribution >= 4 is 5.91 Å². The second-order valence-corrected chi connectivity index (χ2v) is 7.62. The Hall–Kier alpha value is -1.62. The Morgan fingerprint density at radius 3 is 2.68 bits per heavy atom. The second-order valence-electron chi connectivity index (χ2n) is 7.62. The van der Waals surface area contributed by atoms with Crippen LogP contribution in [0, 0.1) is 11.8 Å². The number of pyridine rings is 1. The van der Waals surface area contributed by atoms with E-state index in [9.17, 15) is 4.79 Å². The molecule has 4 fully saturated rings. The van der Waals surface area contributed by atoms with E-state index in [1.807, 2.05) is 0 Å². The van der Waals surface area contributed by atoms with Crippen LogP contribution in [0.25, 0.3) is 0 Å². The standard InChI is InChI=1S/C17H23N3O2/c1-22-14-4-2-3-13(19-14)15(21)20-17-8-11-5-12(9-17)7-16(18,6-11)10-17/h2-4,11-12H,5-10,18H2,1H3,(H,20,21). The van der Waals surface area contributed by atoms with Crippen molar-refractivity contribution in [3.63, 3.8) is 0 Å². The van der Waals surface area contributed by atoms with E-state index in [1.165, 1.54) is 6.42 Å². The summed E-state index contributed by atoms with van der Waals surface area (Å²) in [4.78, 5) is 16.9. The first kappa shape index (κ1) is 14.0. The van der Waals surface area contributed by atoms with Gasteiger partial charge in [-0.05, 0) is 56.4 Å². The van der Waals surface area contributed by atoms with Crippen molar-refractivity contribution in [2.24, 2.45) is 17.6 Å². The molecule has 2 atom stereocenters. The maximum absolute atomic E-state index is 12.6. The zero-order chi connectivity index (χ0) is 15.4. The minimum Gasteiger partial charge on any atom is -0.481 e. The van der Waals surface area contributed by atoms with E-state index in [4.69, 9.17) is 10.5 Å². The monoisotopic (exact) mass is 301 g/mol. The number of methoxy groups -OCH3 is 1. The molecule has 4 aliphatic carbocycles. The number of hydrogen-bond donors (Lipinski definition) is 2. The number of rotatable bonds is 3. The van der Waals surface area contributed by atoms with E-state index >= 15 is 0 Å². The third-order valence-corrected chi connectivity index (χ3v) is 5.65. The fourth-order valence-electron chi connectivity index (χ4n) is 5.44. The van der Waals surface area contributed by atoms with Crippen LogP contribution in [-0.2, 0) is 0 Å². The van der Waals surface area contributed by atoms with Crippen molar-refractivity contribution in [3.8, 4) is 5.88 Å². The molecule has 1 aromatic heterocycles. The van der Waals surface area contributed by atoms with Crippen molar-refractivity contribution in [1.29, 1.82) is 0 Å². The van der Waals surface area contributed by atoms with E-state index in [2.05, 4.69) is 10.3 Å². The van der Waals surface area contributed by atoms with Crippen molar-refractivity contribution in [1.82, 2.24) is 10.3 Å². The van der Waals surface area contributed by atoms with E-state index in [1.54, 1.807) is 25.3 Å². The van der Waals surface area contributed by atoms with Crippen LogP contribution >= 0.6 is 0 Å². The fraction of sp³-hybridized carbons (Fsp3) is 0.647. The highest BCUT2D eigenvalue weighted by atomic mass is 16.5. The molecular weight excluding hydrogens is 278 g/mol. The summed E-state index contributed by atoms with van der Waals surface area (Å²) < 4.78 is 5.10. The first-order chi connectivity index (χ1) is 10.5. The summed E-state index contributed by atoms with van der Waals surface area (Å²) in [6.07, 6.45) is 6.57. The molecule has 5 rings (SSSR count). The van der Waals surface area contributed by atoms with Crippen LogP contribution in [0.5, 0.6) is 5.88 Å². The number of nitrogens with zero attached hydrogens (tertiary/aromatic N) is 1. The number of carbonyl (C=O) groups is 1. The molecule has 1 amide bonds. The second kappa shape index (κ2) is 4.69. The van der Waals surface area contributed by atoms with Gasteiger partial charge in [0.25, 0.3) is 5.91 Å². The van der Waals surface area contributed by atoms with Gasteiger partial charge in [-0.1, -0.05) is 6.07 Å². The van der Waals surface area contributed by atoms with Gasteiger partial charge in [-0.3, -0.25) is 4.79 Å². The van der Waals surface area contributed by atoms with Gasteiger partial charge in [0.2, 0.25) is 5.88 Å². The van der Waals surface area contributed by atoms with Crippen LogP contribution in [0.2, 0.25) is 0 Å². The smallest absolute Gasteiger partial charge is 0.270 e. The molecule has 118 valence electrons. The lowest BCUT2D eigenvalue weighted by Gasteiger charge is -2.61. The summed E-state index contributed by atoms with van der Waals surface area (Å²) in [6, 6.07) is 5.28. The van der Waals surface area contributed by atoms with Gasteiger partial charge in [0.05, 0.1) is 7.11 Å². The lowest BCUT2D eigenvalue weighted by molar-refractivity contribution is -0.0321. The zero-order valence-corrected chi connectivity index (χ0v) is 13.0. The highest BCUT2D eigenvalue weighted by molar-refractivity contribution is 5.93. The third-order valence-electron chi connectivity index (χ3n) is 5.65. The largest absolute Gasteiger partial charge is 0.481 e. The van der Waals surface area contributed by atoms with Crippen LogP contribution in [0.4, 0.5) is 0 Å². The minimum absolute atomic E-state index is 0.0703. The van der Waals surface area contributed by atoms with Crippen LogP contribution in [-0.4, -0.2) is 29.1 Å². The zero-order valence-electron chi connectivity index (χ0n) is 13.0. The number of carbonyl (C=O) groups excluding carboxylic acids is 1. The Bertz CT molecular complexity index is 602. The Balaban J connectivity index is 1.56. The summed E-state index contributed by atoms with van der Waals surface area (Å²) in [6.45, 7) is 0. The lowest BCUT2D eigenvalue weighted by atomic mass is 9.50. The lowest BCUT2D eigenvalue weighted by Crippen LogP contribution is -2.68. The quantitative estimate of drug-likeness (QED) is 0.893. The maximum Gasteiger partial charge on any atom is 0.270 e. The third kappa shape index (κ3) is 2.28. The molecule has 0 radical (unpaired) electrons. The molecular formula is C17H23N3O2. The first-order valence-corrected chi connectivity index (χ1v) is 8.12. The van der Waals surface area contributed by atoms with Crippen LogP contribution in [0.1, 0.15) is 49.0 Å². The van der Waals surface area contributed by atoms with E-state index in [0.717, 1.165) is 32.1 Å². The summed E-state index contributed by atoms with van der Waals surface area (Å²) in [5, 5.41) is 3.28. The van der Waals surface area contributed by atoms with Gasteiger partial charge < -0.3 is 15.8 Å². The summed E-state index contributed by atoms with van der Waals surface area (Å²) in [5.41, 5.74) is 6.80. The molecule has 1 aromatic rings. The number of ether oxygens (including phenoxy) is 1. The predicted octanol–water partition coefficient (Wildman–Crippen LogP) is 1.87. The van der Waals surface area contributed by atoms with Crippen molar-refractivity contribution in [2.75, 3.05) is 7.11 Å². The van der Waals surface area contributed by atoms with E-state index < -0.39 is 0 Å². The van der Waals surface area contributed by atoms with Gasteiger partial charge in [0.1, 0.15) is 5.69 Å². The predicted molar refractivity (Wildman–Crippen MR) is 82.6 cm³/mol. The molecule has 4 bridgehead atoms. The average molecular weight is 301 g/mol. The van der Waals surface area contributed by atoms with Crippen molar-refractivity contribution < 1.29 is 9.53 Å². The maximum atomic E-state index is 12.6. The highest BCUT2D eigenvalue weighted by Gasteiger charge is 2.56. The van der Waals surface area contributed by atoms with Crippen LogP contribution in [0.15, 0.2) is 18.2 Å². The molecule has 0 saturated heterocycles. The molecule has 0 spiro atoms. The summed E-state index contributed by atoms with van der Waals surface area (Å²) in [7, 11) is 1.56. The van der Waals surface area contributed by atoms with Gasteiger partial charge in [0, 0.05) is 17.1 Å². The average Bonchev–Trinajstić information content (AvgIpc) is 2.44. The Morgan fingerprint density at radius 1 is 1.32 bits per heavy atom. The summed E-state index contributed by atoms with van der Waals surface area (Å²) >= 11 is 0. The van der Waals surface area contributed by atoms with Gasteiger partial charge >= 0.3 is 0 Å². The van der Waals surface area contributed by atoms with Gasteiger partial charge in [-0.2, -0.15) is 0 Å². The molecule has 4 aliphatic rings. The van der Waals surface area contributed by atoms with Gasteiger partial charge in [-0.25, -0.2) is 4.98 Å². The van der Waals surface area contributed by atoms with Crippen molar-refractivity contribution in [2.45, 2.75) is 49.6 Å². The number of aromatic nitrogens is 1. The first-order valence-electron chi connectivity index (χ1n) is 8.12. The number of amides is 1. The Morgan fingerprint density at radius 2 is 2.05 bits per heavy atom. The molecule has 2 unspecified atom stereocenters. The molecule has 4 saturated carbocycles. The van der Waals surface area contributed by atoms with Gasteiger partial charge in [-0.15, -0.1) is 0 Å². The van der Waals surface area contributed by atoms with E-state index in [0.29, 0.717) is 23.4 Å². The summed E-state index contributed by atoms with van der Waals surface area (Å²) in [5.74, 6) is 1.70. The van der Waals surface area contributed by atoms with Crippen LogP contribution < -0.4 is 15.8 Å². The SMILES string of the molecule is COc1cccc(C(=O)NC23CC4CC(CC(N)(C4)C2)C3)n1. The minimum atomic E-state index is -0.124. The molecule has 5 nitrogen and oxygen atoms in total. The molecule has 1 heterocycles. The molecule has 22 heavy (non-hydrogen) atoms. The van der Waals surface area contributed by atoms with Crippen molar-refractivity contribution in [3.05, 3.63) is 23.9 Å². The molecule has 0 aromatic carbocycles. The van der Waals surface area contributed by atoms with Gasteiger partial charge in [0.15, 0.2) is 0 Å². The number of nitrogens with one attached hydrogen (secondary N) is 1. The molecule has 3 N–H and O–H groups in total. The van der Waals surface area contributed by atoms with E-state index in [-0.39, 0.29) is 17.0 Å². The fourth-order valence-corrected chi connectivity index (χ4v) is 5.44.